The standard InChI is InChI=1S/C17H23N3O4S/c1-12-7-8-15(23-6)14(11-12)20(5)25(21,22)17-13(2)18-24-16(17)9-10-19(3)4/h7-11H,1-6H3/b10-9+. The van der Waals surface area contributed by atoms with Crippen LogP contribution in [0.25, 0.3) is 6.08 Å². The molecule has 0 amide bonds. The first-order valence-corrected chi connectivity index (χ1v) is 9.07. The van der Waals surface area contributed by atoms with E-state index in [4.69, 9.17) is 9.26 Å². The van der Waals surface area contributed by atoms with Gasteiger partial charge < -0.3 is 14.2 Å². The van der Waals surface area contributed by atoms with Crippen molar-refractivity contribution in [3.8, 4) is 5.75 Å². The van der Waals surface area contributed by atoms with Crippen molar-refractivity contribution in [1.82, 2.24) is 10.1 Å². The Morgan fingerprint density at radius 2 is 1.88 bits per heavy atom. The van der Waals surface area contributed by atoms with E-state index in [1.165, 1.54) is 18.5 Å². The molecular formula is C17H23N3O4S. The van der Waals surface area contributed by atoms with Gasteiger partial charge in [0.15, 0.2) is 10.7 Å². The van der Waals surface area contributed by atoms with Crippen LogP contribution in [-0.2, 0) is 10.0 Å². The number of aromatic nitrogens is 1. The van der Waals surface area contributed by atoms with Crippen LogP contribution in [0.15, 0.2) is 33.8 Å². The molecule has 25 heavy (non-hydrogen) atoms. The molecule has 1 aromatic carbocycles. The number of hydrogen-bond donors (Lipinski definition) is 0. The number of aryl methyl sites for hydroxylation is 2. The fourth-order valence-corrected chi connectivity index (χ4v) is 3.77. The van der Waals surface area contributed by atoms with Gasteiger partial charge >= 0.3 is 0 Å². The minimum atomic E-state index is -3.88. The largest absolute Gasteiger partial charge is 0.495 e. The zero-order chi connectivity index (χ0) is 18.8. The van der Waals surface area contributed by atoms with Crippen molar-refractivity contribution >= 4 is 21.8 Å². The molecule has 0 spiro atoms. The molecule has 2 aromatic rings. The lowest BCUT2D eigenvalue weighted by Gasteiger charge is -2.22. The second kappa shape index (κ2) is 7.18. The van der Waals surface area contributed by atoms with Gasteiger partial charge in [-0.2, -0.15) is 0 Å². The zero-order valence-electron chi connectivity index (χ0n) is 15.3. The quantitative estimate of drug-likeness (QED) is 0.783. The first-order chi connectivity index (χ1) is 11.7. The lowest BCUT2D eigenvalue weighted by atomic mass is 10.2. The minimum absolute atomic E-state index is 0.0386. The van der Waals surface area contributed by atoms with Gasteiger partial charge in [0, 0.05) is 33.4 Å². The van der Waals surface area contributed by atoms with Gasteiger partial charge in [0.1, 0.15) is 11.4 Å². The summed E-state index contributed by atoms with van der Waals surface area (Å²) in [7, 11) is 2.77. The van der Waals surface area contributed by atoms with Crippen LogP contribution in [0.2, 0.25) is 0 Å². The predicted octanol–water partition coefficient (Wildman–Crippen LogP) is 2.66. The Morgan fingerprint density at radius 3 is 2.48 bits per heavy atom. The molecule has 8 heteroatoms. The van der Waals surface area contributed by atoms with Gasteiger partial charge in [0.2, 0.25) is 0 Å². The van der Waals surface area contributed by atoms with Crippen molar-refractivity contribution in [3.63, 3.8) is 0 Å². The van der Waals surface area contributed by atoms with Crippen LogP contribution in [0.5, 0.6) is 5.75 Å². The maximum atomic E-state index is 13.2. The van der Waals surface area contributed by atoms with Gasteiger partial charge in [-0.1, -0.05) is 11.2 Å². The van der Waals surface area contributed by atoms with E-state index in [0.29, 0.717) is 17.1 Å². The molecule has 0 N–H and O–H groups in total. The smallest absolute Gasteiger partial charge is 0.269 e. The zero-order valence-corrected chi connectivity index (χ0v) is 16.1. The highest BCUT2D eigenvalue weighted by Crippen LogP contribution is 2.34. The van der Waals surface area contributed by atoms with Gasteiger partial charge in [-0.15, -0.1) is 0 Å². The number of ether oxygens (including phenoxy) is 1. The van der Waals surface area contributed by atoms with E-state index in [1.54, 1.807) is 36.2 Å². The van der Waals surface area contributed by atoms with Gasteiger partial charge in [0.25, 0.3) is 10.0 Å². The van der Waals surface area contributed by atoms with E-state index in [0.717, 1.165) is 5.56 Å². The molecule has 0 bridgehead atoms. The first-order valence-electron chi connectivity index (χ1n) is 7.63. The first kappa shape index (κ1) is 18.9. The summed E-state index contributed by atoms with van der Waals surface area (Å²) in [5.41, 5.74) is 1.68. The summed E-state index contributed by atoms with van der Waals surface area (Å²) in [5, 5.41) is 3.82. The van der Waals surface area contributed by atoms with Gasteiger partial charge in [0.05, 0.1) is 12.8 Å². The van der Waals surface area contributed by atoms with Gasteiger partial charge in [-0.25, -0.2) is 8.42 Å². The normalized spacial score (nSPS) is 11.8. The van der Waals surface area contributed by atoms with Crippen LogP contribution >= 0.6 is 0 Å². The van der Waals surface area contributed by atoms with Crippen LogP contribution < -0.4 is 9.04 Å². The lowest BCUT2D eigenvalue weighted by molar-refractivity contribution is 0.405. The summed E-state index contributed by atoms with van der Waals surface area (Å²) in [6.45, 7) is 3.49. The molecule has 0 unspecified atom stereocenters. The van der Waals surface area contributed by atoms with Crippen molar-refractivity contribution in [1.29, 1.82) is 0 Å². The fraction of sp³-hybridized carbons (Fsp3) is 0.353. The van der Waals surface area contributed by atoms with E-state index in [-0.39, 0.29) is 10.7 Å². The molecular weight excluding hydrogens is 342 g/mol. The molecule has 1 heterocycles. The minimum Gasteiger partial charge on any atom is -0.495 e. The summed E-state index contributed by atoms with van der Waals surface area (Å²) in [6.07, 6.45) is 3.28. The van der Waals surface area contributed by atoms with Gasteiger partial charge in [-0.05, 0) is 31.5 Å². The molecule has 2 rings (SSSR count). The van der Waals surface area contributed by atoms with Gasteiger partial charge in [-0.3, -0.25) is 4.31 Å². The summed E-state index contributed by atoms with van der Waals surface area (Å²) in [4.78, 5) is 1.82. The highest BCUT2D eigenvalue weighted by atomic mass is 32.2. The Kier molecular flexibility index (Phi) is 5.42. The van der Waals surface area contributed by atoms with E-state index >= 15 is 0 Å². The van der Waals surface area contributed by atoms with E-state index in [1.807, 2.05) is 27.1 Å². The Labute approximate surface area is 148 Å². The summed E-state index contributed by atoms with van der Waals surface area (Å²) in [6, 6.07) is 5.36. The van der Waals surface area contributed by atoms with Crippen molar-refractivity contribution in [2.24, 2.45) is 0 Å². The van der Waals surface area contributed by atoms with E-state index < -0.39 is 10.0 Å². The average molecular weight is 365 g/mol. The predicted molar refractivity (Wildman–Crippen MR) is 97.3 cm³/mol. The van der Waals surface area contributed by atoms with Crippen molar-refractivity contribution < 1.29 is 17.7 Å². The third-order valence-corrected chi connectivity index (χ3v) is 5.58. The van der Waals surface area contributed by atoms with Crippen LogP contribution in [0.4, 0.5) is 5.69 Å². The van der Waals surface area contributed by atoms with Crippen molar-refractivity contribution in [2.75, 3.05) is 32.6 Å². The third kappa shape index (κ3) is 3.79. The molecule has 0 atom stereocenters. The lowest BCUT2D eigenvalue weighted by Crippen LogP contribution is -2.28. The Bertz CT molecular complexity index is 885. The molecule has 7 nitrogen and oxygen atoms in total. The SMILES string of the molecule is COc1ccc(C)cc1N(C)S(=O)(=O)c1c(C)noc1/C=C/N(C)C. The van der Waals surface area contributed by atoms with Crippen LogP contribution in [-0.4, -0.2) is 46.7 Å². The topological polar surface area (TPSA) is 75.9 Å². The summed E-state index contributed by atoms with van der Waals surface area (Å²) >= 11 is 0. The van der Waals surface area contributed by atoms with E-state index in [9.17, 15) is 8.42 Å². The molecule has 136 valence electrons. The number of benzene rings is 1. The van der Waals surface area contributed by atoms with Crippen molar-refractivity contribution in [2.45, 2.75) is 18.7 Å². The molecule has 1 aromatic heterocycles. The number of methoxy groups -OCH3 is 1. The number of nitrogens with zero attached hydrogens (tertiary/aromatic N) is 3. The number of sulfonamides is 1. The second-order valence-corrected chi connectivity index (χ2v) is 7.79. The molecule has 0 radical (unpaired) electrons. The Morgan fingerprint density at radius 1 is 1.20 bits per heavy atom. The fourth-order valence-electron chi connectivity index (χ4n) is 2.33. The molecule has 0 fully saturated rings. The maximum absolute atomic E-state index is 13.2. The number of rotatable bonds is 6. The molecule has 0 saturated carbocycles. The van der Waals surface area contributed by atoms with Crippen LogP contribution in [0, 0.1) is 13.8 Å². The number of hydrogen-bond acceptors (Lipinski definition) is 6. The van der Waals surface area contributed by atoms with Crippen LogP contribution in [0.1, 0.15) is 17.0 Å². The van der Waals surface area contributed by atoms with Crippen LogP contribution in [0.3, 0.4) is 0 Å². The van der Waals surface area contributed by atoms with Crippen molar-refractivity contribution in [3.05, 3.63) is 41.4 Å². The molecule has 0 aliphatic rings. The Balaban J connectivity index is 2.56. The van der Waals surface area contributed by atoms with E-state index in [2.05, 4.69) is 5.16 Å². The highest BCUT2D eigenvalue weighted by Gasteiger charge is 2.31. The average Bonchev–Trinajstić information content (AvgIpc) is 2.93. The summed E-state index contributed by atoms with van der Waals surface area (Å²) < 4.78 is 38.1. The maximum Gasteiger partial charge on any atom is 0.269 e. The number of anilines is 1. The third-order valence-electron chi connectivity index (χ3n) is 3.65. The highest BCUT2D eigenvalue weighted by molar-refractivity contribution is 7.93. The molecule has 0 aliphatic carbocycles. The monoisotopic (exact) mass is 365 g/mol. The Hall–Kier alpha value is -2.48. The summed E-state index contributed by atoms with van der Waals surface area (Å²) in [5.74, 6) is 0.654. The molecule has 0 aliphatic heterocycles. The second-order valence-electron chi connectivity index (χ2n) is 5.89. The molecule has 0 saturated heterocycles.